The molecule has 0 bridgehead atoms. The molecule has 0 aliphatic carbocycles. The van der Waals surface area contributed by atoms with Gasteiger partial charge in [-0.1, -0.05) is 23.1 Å². The molecule has 0 saturated heterocycles. The van der Waals surface area contributed by atoms with Crippen molar-refractivity contribution in [3.63, 3.8) is 0 Å². The minimum Gasteiger partial charge on any atom is -0.399 e. The van der Waals surface area contributed by atoms with E-state index < -0.39 is 0 Å². The van der Waals surface area contributed by atoms with Gasteiger partial charge in [0, 0.05) is 18.1 Å². The van der Waals surface area contributed by atoms with Crippen LogP contribution in [0.15, 0.2) is 41.8 Å². The molecule has 1 aromatic carbocycles. The van der Waals surface area contributed by atoms with Crippen LogP contribution in [0.1, 0.15) is 0 Å². The minimum absolute atomic E-state index is 0.139. The zero-order chi connectivity index (χ0) is 14.7. The van der Waals surface area contributed by atoms with Gasteiger partial charge in [-0.15, -0.1) is 0 Å². The number of benzene rings is 1. The maximum atomic E-state index is 11.9. The molecule has 2 heterocycles. The van der Waals surface area contributed by atoms with E-state index in [1.54, 1.807) is 24.5 Å². The summed E-state index contributed by atoms with van der Waals surface area (Å²) in [5.74, 6) is 0.0988. The Kier molecular flexibility index (Phi) is 3.98. The number of nitrogens with one attached hydrogen (secondary N) is 1. The number of nitrogens with two attached hydrogens (primary N) is 1. The van der Waals surface area contributed by atoms with Crippen LogP contribution in [-0.4, -0.2) is 26.6 Å². The molecule has 21 heavy (non-hydrogen) atoms. The lowest BCUT2D eigenvalue weighted by atomic mass is 10.3. The molecular formula is C13H11N5OS2. The van der Waals surface area contributed by atoms with Crippen molar-refractivity contribution < 1.29 is 4.79 Å². The number of anilines is 2. The second-order valence-corrected chi connectivity index (χ2v) is 6.09. The molecule has 0 unspecified atom stereocenters. The Balaban J connectivity index is 1.63. The molecule has 0 radical (unpaired) electrons. The molecule has 0 saturated carbocycles. The van der Waals surface area contributed by atoms with Crippen LogP contribution in [0.5, 0.6) is 0 Å². The number of amides is 1. The van der Waals surface area contributed by atoms with E-state index in [1.807, 2.05) is 12.1 Å². The van der Waals surface area contributed by atoms with Gasteiger partial charge in [0.1, 0.15) is 0 Å². The maximum absolute atomic E-state index is 11.9. The van der Waals surface area contributed by atoms with E-state index >= 15 is 0 Å². The fourth-order valence-corrected chi connectivity index (χ4v) is 3.17. The monoisotopic (exact) mass is 317 g/mol. The van der Waals surface area contributed by atoms with Crippen LogP contribution in [0.25, 0.3) is 10.2 Å². The molecule has 0 spiro atoms. The number of aromatic nitrogens is 3. The van der Waals surface area contributed by atoms with Gasteiger partial charge in [0.05, 0.1) is 16.0 Å². The van der Waals surface area contributed by atoms with Crippen molar-refractivity contribution in [3.05, 3.63) is 36.7 Å². The highest BCUT2D eigenvalue weighted by atomic mass is 32.2. The summed E-state index contributed by atoms with van der Waals surface area (Å²) in [5, 5.41) is 3.91. The van der Waals surface area contributed by atoms with Crippen LogP contribution >= 0.6 is 23.1 Å². The first-order valence-electron chi connectivity index (χ1n) is 6.06. The molecule has 3 aromatic rings. The van der Waals surface area contributed by atoms with E-state index in [0.717, 1.165) is 10.2 Å². The Labute approximate surface area is 128 Å². The molecule has 0 aliphatic heterocycles. The van der Waals surface area contributed by atoms with Crippen molar-refractivity contribution in [3.8, 4) is 0 Å². The highest BCUT2D eigenvalue weighted by Gasteiger charge is 2.09. The van der Waals surface area contributed by atoms with Crippen molar-refractivity contribution >= 4 is 50.0 Å². The zero-order valence-corrected chi connectivity index (χ0v) is 12.4. The van der Waals surface area contributed by atoms with Crippen LogP contribution in [0, 0.1) is 0 Å². The van der Waals surface area contributed by atoms with Gasteiger partial charge < -0.3 is 11.1 Å². The summed E-state index contributed by atoms with van der Waals surface area (Å²) < 4.78 is 0.948. The van der Waals surface area contributed by atoms with Gasteiger partial charge in [0.15, 0.2) is 10.3 Å². The molecule has 3 N–H and O–H groups in total. The van der Waals surface area contributed by atoms with E-state index in [1.165, 1.54) is 23.1 Å². The number of hydrogen-bond acceptors (Lipinski definition) is 7. The van der Waals surface area contributed by atoms with Gasteiger partial charge >= 0.3 is 0 Å². The van der Waals surface area contributed by atoms with Gasteiger partial charge in [-0.2, -0.15) is 0 Å². The number of rotatable bonds is 4. The predicted octanol–water partition coefficient (Wildman–Crippen LogP) is 2.40. The average molecular weight is 317 g/mol. The van der Waals surface area contributed by atoms with Crippen molar-refractivity contribution in [2.24, 2.45) is 0 Å². The second kappa shape index (κ2) is 6.06. The molecule has 0 atom stereocenters. The van der Waals surface area contributed by atoms with Crippen LogP contribution in [0.2, 0.25) is 0 Å². The maximum Gasteiger partial charge on any atom is 0.236 e. The summed E-state index contributed by atoms with van der Waals surface area (Å²) in [5.41, 5.74) is 7.22. The number of thioether (sulfide) groups is 1. The van der Waals surface area contributed by atoms with E-state index in [0.29, 0.717) is 16.0 Å². The third-order valence-electron chi connectivity index (χ3n) is 2.53. The van der Waals surface area contributed by atoms with Crippen molar-refractivity contribution in [2.45, 2.75) is 5.16 Å². The summed E-state index contributed by atoms with van der Waals surface area (Å²) in [6, 6.07) is 7.20. The van der Waals surface area contributed by atoms with Gasteiger partial charge in [-0.05, 0) is 24.3 Å². The summed E-state index contributed by atoms with van der Waals surface area (Å²) in [6.45, 7) is 0. The van der Waals surface area contributed by atoms with Crippen LogP contribution in [0.3, 0.4) is 0 Å². The number of hydrogen-bond donors (Lipinski definition) is 2. The Hall–Kier alpha value is -2.19. The number of thiazole rings is 1. The summed E-state index contributed by atoms with van der Waals surface area (Å²) >= 11 is 2.68. The molecule has 2 aromatic heterocycles. The number of nitrogen functional groups attached to an aromatic ring is 1. The highest BCUT2D eigenvalue weighted by molar-refractivity contribution is 7.99. The summed E-state index contributed by atoms with van der Waals surface area (Å²) in [7, 11) is 0. The SMILES string of the molecule is Nc1ccc2nc(NC(=O)CSc3ncccn3)sc2c1. The topological polar surface area (TPSA) is 93.8 Å². The molecule has 0 aliphatic rings. The zero-order valence-electron chi connectivity index (χ0n) is 10.8. The molecule has 3 rings (SSSR count). The minimum atomic E-state index is -0.139. The normalized spacial score (nSPS) is 10.7. The molecule has 106 valence electrons. The van der Waals surface area contributed by atoms with Gasteiger partial charge in [-0.3, -0.25) is 4.79 Å². The van der Waals surface area contributed by atoms with Gasteiger partial charge in [0.2, 0.25) is 5.91 Å². The molecule has 6 nitrogen and oxygen atoms in total. The first kappa shape index (κ1) is 13.8. The first-order chi connectivity index (χ1) is 10.2. The van der Waals surface area contributed by atoms with Crippen molar-refractivity contribution in [2.75, 3.05) is 16.8 Å². The third kappa shape index (κ3) is 3.47. The van der Waals surface area contributed by atoms with Gasteiger partial charge in [-0.25, -0.2) is 15.0 Å². The van der Waals surface area contributed by atoms with Crippen molar-refractivity contribution in [1.29, 1.82) is 0 Å². The molecule has 8 heteroatoms. The molecule has 0 fully saturated rings. The van der Waals surface area contributed by atoms with E-state index in [2.05, 4.69) is 20.3 Å². The Morgan fingerprint density at radius 3 is 2.95 bits per heavy atom. The first-order valence-corrected chi connectivity index (χ1v) is 7.87. The van der Waals surface area contributed by atoms with E-state index in [9.17, 15) is 4.79 Å². The Morgan fingerprint density at radius 2 is 2.14 bits per heavy atom. The smallest absolute Gasteiger partial charge is 0.236 e. The van der Waals surface area contributed by atoms with Gasteiger partial charge in [0.25, 0.3) is 0 Å². The molecule has 1 amide bonds. The fraction of sp³-hybridized carbons (Fsp3) is 0.0769. The van der Waals surface area contributed by atoms with Crippen LogP contribution < -0.4 is 11.1 Å². The number of carbonyl (C=O) groups is 1. The largest absolute Gasteiger partial charge is 0.399 e. The molecular weight excluding hydrogens is 306 g/mol. The number of carbonyl (C=O) groups excluding carboxylic acids is 1. The lowest BCUT2D eigenvalue weighted by Gasteiger charge is -2.00. The van der Waals surface area contributed by atoms with Crippen molar-refractivity contribution in [1.82, 2.24) is 15.0 Å². The van der Waals surface area contributed by atoms with E-state index in [-0.39, 0.29) is 11.7 Å². The second-order valence-electron chi connectivity index (χ2n) is 4.11. The van der Waals surface area contributed by atoms with Crippen LogP contribution in [0.4, 0.5) is 10.8 Å². The standard InChI is InChI=1S/C13H11N5OS2/c14-8-2-3-9-10(6-8)21-13(17-9)18-11(19)7-20-12-15-4-1-5-16-12/h1-6H,7,14H2,(H,17,18,19). The highest BCUT2D eigenvalue weighted by Crippen LogP contribution is 2.27. The average Bonchev–Trinajstić information content (AvgIpc) is 2.87. The number of fused-ring (bicyclic) bond motifs is 1. The fourth-order valence-electron chi connectivity index (χ4n) is 1.64. The lowest BCUT2D eigenvalue weighted by Crippen LogP contribution is -2.13. The number of nitrogens with zero attached hydrogens (tertiary/aromatic N) is 3. The van der Waals surface area contributed by atoms with Crippen LogP contribution in [-0.2, 0) is 4.79 Å². The third-order valence-corrected chi connectivity index (χ3v) is 4.34. The van der Waals surface area contributed by atoms with E-state index in [4.69, 9.17) is 5.73 Å². The Bertz CT molecular complexity index is 775. The Morgan fingerprint density at radius 1 is 1.33 bits per heavy atom. The predicted molar refractivity (Wildman–Crippen MR) is 85.4 cm³/mol. The lowest BCUT2D eigenvalue weighted by molar-refractivity contribution is -0.113. The summed E-state index contributed by atoms with van der Waals surface area (Å²) in [6.07, 6.45) is 3.29. The quantitative estimate of drug-likeness (QED) is 0.436. The summed E-state index contributed by atoms with van der Waals surface area (Å²) in [4.78, 5) is 24.3.